The van der Waals surface area contributed by atoms with Crippen LogP contribution in [0, 0.1) is 5.92 Å². The largest absolute Gasteiger partial charge is 0.481 e. The summed E-state index contributed by atoms with van der Waals surface area (Å²) in [4.78, 5) is 10.6. The van der Waals surface area contributed by atoms with Crippen LogP contribution in [-0.4, -0.2) is 11.1 Å². The maximum atomic E-state index is 10.6. The monoisotopic (exact) mass is 184 g/mol. The van der Waals surface area contributed by atoms with E-state index < -0.39 is 5.97 Å². The normalized spacial score (nSPS) is 13.4. The Balaban J connectivity index is 3.44. The second-order valence-electron chi connectivity index (χ2n) is 3.30. The van der Waals surface area contributed by atoms with E-state index >= 15 is 0 Å². The lowest BCUT2D eigenvalue weighted by molar-refractivity contribution is -0.142. The molecule has 0 fully saturated rings. The number of hydrogen-bond donors (Lipinski definition) is 1. The van der Waals surface area contributed by atoms with Crippen LogP contribution in [-0.2, 0) is 4.79 Å². The van der Waals surface area contributed by atoms with E-state index in [1.165, 1.54) is 0 Å². The van der Waals surface area contributed by atoms with Crippen molar-refractivity contribution in [2.24, 2.45) is 5.92 Å². The SMILES string of the molecule is C/C=C\CCCCC(CC)C(=O)O. The Kier molecular flexibility index (Phi) is 7.36. The van der Waals surface area contributed by atoms with Crippen molar-refractivity contribution in [3.05, 3.63) is 12.2 Å². The van der Waals surface area contributed by atoms with Gasteiger partial charge in [-0.1, -0.05) is 25.5 Å². The number of unbranched alkanes of at least 4 members (excludes halogenated alkanes) is 2. The van der Waals surface area contributed by atoms with E-state index in [2.05, 4.69) is 6.08 Å². The molecule has 1 N–H and O–H groups in total. The first kappa shape index (κ1) is 12.2. The zero-order chi connectivity index (χ0) is 10.1. The molecule has 0 aromatic heterocycles. The molecule has 0 aliphatic carbocycles. The molecule has 0 saturated carbocycles. The maximum absolute atomic E-state index is 10.6. The highest BCUT2D eigenvalue weighted by molar-refractivity contribution is 5.69. The first-order valence-corrected chi connectivity index (χ1v) is 5.06. The summed E-state index contributed by atoms with van der Waals surface area (Å²) in [6.45, 7) is 3.94. The van der Waals surface area contributed by atoms with E-state index in [0.29, 0.717) is 0 Å². The van der Waals surface area contributed by atoms with Gasteiger partial charge in [0.1, 0.15) is 0 Å². The van der Waals surface area contributed by atoms with Gasteiger partial charge in [0.2, 0.25) is 0 Å². The van der Waals surface area contributed by atoms with Crippen LogP contribution in [0.4, 0.5) is 0 Å². The van der Waals surface area contributed by atoms with Crippen LogP contribution in [0.2, 0.25) is 0 Å². The average Bonchev–Trinajstić information content (AvgIpc) is 2.10. The molecule has 0 spiro atoms. The molecule has 2 heteroatoms. The summed E-state index contributed by atoms with van der Waals surface area (Å²) >= 11 is 0. The number of carboxylic acid groups (broad SMARTS) is 1. The highest BCUT2D eigenvalue weighted by Crippen LogP contribution is 2.13. The Morgan fingerprint density at radius 2 is 2.15 bits per heavy atom. The quantitative estimate of drug-likeness (QED) is 0.487. The lowest BCUT2D eigenvalue weighted by Gasteiger charge is -2.07. The first-order chi connectivity index (χ1) is 6.22. The van der Waals surface area contributed by atoms with Crippen LogP contribution in [0.15, 0.2) is 12.2 Å². The van der Waals surface area contributed by atoms with Crippen molar-refractivity contribution in [2.45, 2.75) is 46.0 Å². The van der Waals surface area contributed by atoms with Gasteiger partial charge in [0.25, 0.3) is 0 Å². The molecule has 0 radical (unpaired) electrons. The summed E-state index contributed by atoms with van der Waals surface area (Å²) in [7, 11) is 0. The second kappa shape index (κ2) is 7.84. The number of allylic oxidation sites excluding steroid dienone is 2. The van der Waals surface area contributed by atoms with Gasteiger partial charge in [-0.25, -0.2) is 0 Å². The van der Waals surface area contributed by atoms with Crippen molar-refractivity contribution < 1.29 is 9.90 Å². The van der Waals surface area contributed by atoms with Crippen LogP contribution >= 0.6 is 0 Å². The summed E-state index contributed by atoms with van der Waals surface area (Å²) in [5.74, 6) is -0.779. The first-order valence-electron chi connectivity index (χ1n) is 5.06. The Labute approximate surface area is 80.7 Å². The summed E-state index contributed by atoms with van der Waals surface area (Å²) in [6.07, 6.45) is 8.94. The minimum Gasteiger partial charge on any atom is -0.481 e. The lowest BCUT2D eigenvalue weighted by atomic mass is 9.99. The molecule has 0 heterocycles. The number of aliphatic carboxylic acids is 1. The molecular formula is C11H20O2. The molecule has 0 aromatic carbocycles. The summed E-state index contributed by atoms with van der Waals surface area (Å²) in [5, 5.41) is 8.76. The van der Waals surface area contributed by atoms with Gasteiger partial charge < -0.3 is 5.11 Å². The van der Waals surface area contributed by atoms with Crippen molar-refractivity contribution >= 4 is 5.97 Å². The van der Waals surface area contributed by atoms with Gasteiger partial charge >= 0.3 is 5.97 Å². The number of rotatable bonds is 7. The minimum absolute atomic E-state index is 0.134. The van der Waals surface area contributed by atoms with Gasteiger partial charge in [-0.05, 0) is 32.6 Å². The van der Waals surface area contributed by atoms with E-state index in [9.17, 15) is 4.79 Å². The topological polar surface area (TPSA) is 37.3 Å². The van der Waals surface area contributed by atoms with Gasteiger partial charge in [0.05, 0.1) is 5.92 Å². The fraction of sp³-hybridized carbons (Fsp3) is 0.727. The maximum Gasteiger partial charge on any atom is 0.306 e. The third kappa shape index (κ3) is 6.38. The Morgan fingerprint density at radius 3 is 2.62 bits per heavy atom. The molecule has 0 aliphatic heterocycles. The van der Waals surface area contributed by atoms with Crippen LogP contribution in [0.3, 0.4) is 0 Å². The number of carbonyl (C=O) groups is 1. The van der Waals surface area contributed by atoms with E-state index in [4.69, 9.17) is 5.11 Å². The second-order valence-corrected chi connectivity index (χ2v) is 3.30. The van der Waals surface area contributed by atoms with Gasteiger partial charge in [-0.15, -0.1) is 0 Å². The molecule has 1 unspecified atom stereocenters. The van der Waals surface area contributed by atoms with Crippen molar-refractivity contribution in [3.63, 3.8) is 0 Å². The molecule has 76 valence electrons. The Morgan fingerprint density at radius 1 is 1.46 bits per heavy atom. The van der Waals surface area contributed by atoms with Crippen molar-refractivity contribution in [1.29, 1.82) is 0 Å². The molecule has 0 bridgehead atoms. The molecular weight excluding hydrogens is 164 g/mol. The third-order valence-electron chi connectivity index (χ3n) is 2.25. The van der Waals surface area contributed by atoms with Crippen molar-refractivity contribution in [3.8, 4) is 0 Å². The predicted octanol–water partition coefficient (Wildman–Crippen LogP) is 3.23. The van der Waals surface area contributed by atoms with E-state index in [1.807, 2.05) is 19.9 Å². The smallest absolute Gasteiger partial charge is 0.306 e. The Hall–Kier alpha value is -0.790. The molecule has 0 aliphatic rings. The van der Waals surface area contributed by atoms with E-state index in [1.54, 1.807) is 0 Å². The van der Waals surface area contributed by atoms with E-state index in [0.717, 1.165) is 32.1 Å². The zero-order valence-corrected chi connectivity index (χ0v) is 8.62. The fourth-order valence-corrected chi connectivity index (χ4v) is 1.32. The third-order valence-corrected chi connectivity index (χ3v) is 2.25. The van der Waals surface area contributed by atoms with Crippen LogP contribution in [0.5, 0.6) is 0 Å². The van der Waals surface area contributed by atoms with Crippen molar-refractivity contribution in [1.82, 2.24) is 0 Å². The molecule has 0 saturated heterocycles. The standard InChI is InChI=1S/C11H20O2/c1-3-5-6-7-8-9-10(4-2)11(12)13/h3,5,10H,4,6-9H2,1-2H3,(H,12,13)/b5-3-. The van der Waals surface area contributed by atoms with Crippen LogP contribution < -0.4 is 0 Å². The van der Waals surface area contributed by atoms with Crippen LogP contribution in [0.1, 0.15) is 46.0 Å². The Bertz CT molecular complexity index is 161. The minimum atomic E-state index is -0.645. The molecule has 0 amide bonds. The molecule has 13 heavy (non-hydrogen) atoms. The van der Waals surface area contributed by atoms with Gasteiger partial charge in [-0.3, -0.25) is 4.79 Å². The summed E-state index contributed by atoms with van der Waals surface area (Å²) < 4.78 is 0. The van der Waals surface area contributed by atoms with Gasteiger partial charge in [-0.2, -0.15) is 0 Å². The number of hydrogen-bond acceptors (Lipinski definition) is 1. The summed E-state index contributed by atoms with van der Waals surface area (Å²) in [6, 6.07) is 0. The zero-order valence-electron chi connectivity index (χ0n) is 8.62. The lowest BCUT2D eigenvalue weighted by Crippen LogP contribution is -2.12. The van der Waals surface area contributed by atoms with Gasteiger partial charge in [0.15, 0.2) is 0 Å². The summed E-state index contributed by atoms with van der Waals surface area (Å²) in [5.41, 5.74) is 0. The fourth-order valence-electron chi connectivity index (χ4n) is 1.32. The van der Waals surface area contributed by atoms with Crippen molar-refractivity contribution in [2.75, 3.05) is 0 Å². The highest BCUT2D eigenvalue weighted by Gasteiger charge is 2.13. The molecule has 2 nitrogen and oxygen atoms in total. The number of carboxylic acids is 1. The highest BCUT2D eigenvalue weighted by atomic mass is 16.4. The van der Waals surface area contributed by atoms with E-state index in [-0.39, 0.29) is 5.92 Å². The van der Waals surface area contributed by atoms with Gasteiger partial charge in [0, 0.05) is 0 Å². The average molecular weight is 184 g/mol. The molecule has 1 atom stereocenters. The van der Waals surface area contributed by atoms with Crippen LogP contribution in [0.25, 0.3) is 0 Å². The molecule has 0 aromatic rings. The molecule has 0 rings (SSSR count). The predicted molar refractivity (Wildman–Crippen MR) is 54.7 cm³/mol.